The van der Waals surface area contributed by atoms with Crippen LogP contribution in [0.5, 0.6) is 5.75 Å². The standard InChI is InChI=1S/C28H22ClN5O4S/c1-31-25-24(17-4-8-22(9-5-17)37-11-10-35)23(12-30)28(33-26(25)34-13-21(36)14-34)39-16-20-15-38-27(32-20)18-2-6-19(29)7-3-18/h2-9,15,21,35-36H,10-11,13-14,16H2. The van der Waals surface area contributed by atoms with Crippen molar-refractivity contribution >= 4 is 34.9 Å². The predicted octanol–water partition coefficient (Wildman–Crippen LogP) is 5.32. The molecule has 2 aromatic heterocycles. The van der Waals surface area contributed by atoms with E-state index < -0.39 is 6.10 Å². The summed E-state index contributed by atoms with van der Waals surface area (Å²) in [6.45, 7) is 8.69. The Morgan fingerprint density at radius 2 is 1.87 bits per heavy atom. The number of halogens is 1. The summed E-state index contributed by atoms with van der Waals surface area (Å²) in [7, 11) is 0. The van der Waals surface area contributed by atoms with E-state index in [0.717, 1.165) is 5.56 Å². The van der Waals surface area contributed by atoms with Crippen LogP contribution >= 0.6 is 23.4 Å². The number of pyridine rings is 1. The van der Waals surface area contributed by atoms with Crippen LogP contribution in [0.2, 0.25) is 5.02 Å². The number of oxazole rings is 1. The highest BCUT2D eigenvalue weighted by Crippen LogP contribution is 2.45. The predicted molar refractivity (Wildman–Crippen MR) is 148 cm³/mol. The van der Waals surface area contributed by atoms with Crippen LogP contribution in [0, 0.1) is 17.9 Å². The largest absolute Gasteiger partial charge is 0.491 e. The van der Waals surface area contributed by atoms with Crippen molar-refractivity contribution in [2.24, 2.45) is 0 Å². The molecule has 1 aliphatic heterocycles. The molecule has 0 radical (unpaired) electrons. The van der Waals surface area contributed by atoms with Crippen molar-refractivity contribution in [2.45, 2.75) is 16.9 Å². The second-order valence-electron chi connectivity index (χ2n) is 8.66. The van der Waals surface area contributed by atoms with E-state index in [1.807, 2.05) is 17.0 Å². The second kappa shape index (κ2) is 11.8. The third kappa shape index (κ3) is 5.70. The number of anilines is 1. The van der Waals surface area contributed by atoms with Crippen molar-refractivity contribution in [3.8, 4) is 34.4 Å². The first kappa shape index (κ1) is 26.5. The molecule has 1 aliphatic rings. The van der Waals surface area contributed by atoms with Gasteiger partial charge in [-0.1, -0.05) is 35.5 Å². The molecule has 2 N–H and O–H groups in total. The van der Waals surface area contributed by atoms with Crippen LogP contribution in [0.1, 0.15) is 11.3 Å². The minimum Gasteiger partial charge on any atom is -0.491 e. The number of aromatic nitrogens is 2. The summed E-state index contributed by atoms with van der Waals surface area (Å²) in [6.07, 6.45) is 1.07. The van der Waals surface area contributed by atoms with Crippen LogP contribution in [0.25, 0.3) is 27.4 Å². The first-order valence-corrected chi connectivity index (χ1v) is 13.3. The lowest BCUT2D eigenvalue weighted by molar-refractivity contribution is 0.141. The maximum Gasteiger partial charge on any atom is 0.237 e. The number of benzene rings is 2. The zero-order valence-electron chi connectivity index (χ0n) is 20.5. The van der Waals surface area contributed by atoms with Crippen LogP contribution in [-0.4, -0.2) is 52.6 Å². The molecule has 5 rings (SSSR count). The van der Waals surface area contributed by atoms with Crippen molar-refractivity contribution in [1.29, 1.82) is 5.26 Å². The average molecular weight is 560 g/mol. The SMILES string of the molecule is [C-]#[N+]c1c(N2CC(O)C2)nc(SCc2coc(-c3ccc(Cl)cc3)n2)c(C#N)c1-c1ccc(OCCO)cc1. The first-order chi connectivity index (χ1) is 19.0. The van der Waals surface area contributed by atoms with E-state index in [-0.39, 0.29) is 24.5 Å². The highest BCUT2D eigenvalue weighted by Gasteiger charge is 2.31. The molecule has 0 unspecified atom stereocenters. The normalized spacial score (nSPS) is 13.0. The monoisotopic (exact) mass is 559 g/mol. The van der Waals surface area contributed by atoms with Gasteiger partial charge in [0.2, 0.25) is 11.6 Å². The van der Waals surface area contributed by atoms with Crippen LogP contribution in [0.3, 0.4) is 0 Å². The van der Waals surface area contributed by atoms with Crippen LogP contribution in [-0.2, 0) is 5.75 Å². The van der Waals surface area contributed by atoms with Gasteiger partial charge in [0.1, 0.15) is 35.5 Å². The second-order valence-corrected chi connectivity index (χ2v) is 10.1. The van der Waals surface area contributed by atoms with Crippen molar-refractivity contribution in [3.63, 3.8) is 0 Å². The average Bonchev–Trinajstić information content (AvgIpc) is 3.42. The number of thioether (sulfide) groups is 1. The van der Waals surface area contributed by atoms with Crippen LogP contribution in [0.15, 0.2) is 64.2 Å². The van der Waals surface area contributed by atoms with E-state index in [1.165, 1.54) is 11.8 Å². The molecule has 3 heterocycles. The number of hydrogen-bond acceptors (Lipinski definition) is 9. The molecule has 1 saturated heterocycles. The number of rotatable bonds is 9. The lowest BCUT2D eigenvalue weighted by Crippen LogP contribution is -2.51. The van der Waals surface area contributed by atoms with Gasteiger partial charge >= 0.3 is 0 Å². The molecule has 11 heteroatoms. The van der Waals surface area contributed by atoms with Crippen LogP contribution < -0.4 is 9.64 Å². The minimum absolute atomic E-state index is 0.106. The number of nitriles is 1. The molecule has 1 fully saturated rings. The highest BCUT2D eigenvalue weighted by molar-refractivity contribution is 7.98. The van der Waals surface area contributed by atoms with E-state index in [4.69, 9.17) is 37.4 Å². The van der Waals surface area contributed by atoms with Crippen molar-refractivity contribution in [1.82, 2.24) is 9.97 Å². The minimum atomic E-state index is -0.495. The van der Waals surface area contributed by atoms with E-state index in [1.54, 1.807) is 42.7 Å². The Bertz CT molecular complexity index is 1560. The summed E-state index contributed by atoms with van der Waals surface area (Å²) >= 11 is 7.30. The Balaban J connectivity index is 1.50. The molecule has 4 aromatic rings. The summed E-state index contributed by atoms with van der Waals surface area (Å²) in [6, 6.07) is 16.4. The number of hydrogen-bond donors (Lipinski definition) is 2. The maximum absolute atomic E-state index is 10.2. The Morgan fingerprint density at radius 1 is 1.15 bits per heavy atom. The van der Waals surface area contributed by atoms with Gasteiger partial charge in [0.05, 0.1) is 30.5 Å². The molecule has 0 amide bonds. The molecule has 0 saturated carbocycles. The molecule has 9 nitrogen and oxygen atoms in total. The van der Waals surface area contributed by atoms with E-state index in [9.17, 15) is 10.4 Å². The fourth-order valence-corrected chi connectivity index (χ4v) is 5.09. The molecule has 0 bridgehead atoms. The number of ether oxygens (including phenoxy) is 1. The van der Waals surface area contributed by atoms with Gasteiger partial charge < -0.3 is 24.3 Å². The first-order valence-electron chi connectivity index (χ1n) is 12.0. The molecule has 196 valence electrons. The smallest absolute Gasteiger partial charge is 0.237 e. The molecular formula is C28H22ClN5O4S. The van der Waals surface area contributed by atoms with Gasteiger partial charge in [0.25, 0.3) is 0 Å². The zero-order chi connectivity index (χ0) is 27.4. The number of aliphatic hydroxyl groups excluding tert-OH is 2. The highest BCUT2D eigenvalue weighted by atomic mass is 35.5. The summed E-state index contributed by atoms with van der Waals surface area (Å²) in [5, 5.41) is 30.2. The summed E-state index contributed by atoms with van der Waals surface area (Å²) in [4.78, 5) is 14.9. The van der Waals surface area contributed by atoms with Crippen LogP contribution in [0.4, 0.5) is 11.5 Å². The Hall–Kier alpha value is -4.06. The molecule has 0 atom stereocenters. The molecule has 2 aromatic carbocycles. The quantitative estimate of drug-likeness (QED) is 0.207. The van der Waals surface area contributed by atoms with E-state index >= 15 is 0 Å². The third-order valence-corrected chi connectivity index (χ3v) is 7.27. The molecule has 39 heavy (non-hydrogen) atoms. The van der Waals surface area contributed by atoms with Gasteiger partial charge in [-0.3, -0.25) is 0 Å². The van der Waals surface area contributed by atoms with Gasteiger partial charge in [-0.05, 0) is 42.0 Å². The molecule has 0 spiro atoms. The summed E-state index contributed by atoms with van der Waals surface area (Å²) in [5.41, 5.74) is 3.11. The lowest BCUT2D eigenvalue weighted by Gasteiger charge is -2.38. The number of nitrogens with zero attached hydrogens (tertiary/aromatic N) is 5. The van der Waals surface area contributed by atoms with Gasteiger partial charge in [0, 0.05) is 35.0 Å². The number of β-amino-alcohol motifs (C(OH)–C–C–N with tert-alkyl or cyclic N) is 1. The van der Waals surface area contributed by atoms with E-state index in [0.29, 0.717) is 63.2 Å². The third-order valence-electron chi connectivity index (χ3n) is 6.01. The Kier molecular flexibility index (Phi) is 8.01. The zero-order valence-corrected chi connectivity index (χ0v) is 22.1. The van der Waals surface area contributed by atoms with Crippen molar-refractivity contribution in [3.05, 3.63) is 82.5 Å². The number of aliphatic hydroxyl groups is 2. The van der Waals surface area contributed by atoms with Gasteiger partial charge in [-0.2, -0.15) is 5.26 Å². The Morgan fingerprint density at radius 3 is 2.51 bits per heavy atom. The molecular weight excluding hydrogens is 538 g/mol. The lowest BCUT2D eigenvalue weighted by atomic mass is 9.99. The van der Waals surface area contributed by atoms with Crippen molar-refractivity contribution < 1.29 is 19.4 Å². The maximum atomic E-state index is 10.2. The van der Waals surface area contributed by atoms with Gasteiger partial charge in [-0.15, -0.1) is 0 Å². The fraction of sp³-hybridized carbons (Fsp3) is 0.214. The Labute approximate surface area is 234 Å². The van der Waals surface area contributed by atoms with Gasteiger partial charge in [-0.25, -0.2) is 14.8 Å². The fourth-order valence-electron chi connectivity index (χ4n) is 4.11. The molecule has 0 aliphatic carbocycles. The van der Waals surface area contributed by atoms with E-state index in [2.05, 4.69) is 15.9 Å². The van der Waals surface area contributed by atoms with Crippen molar-refractivity contribution in [2.75, 3.05) is 31.2 Å². The summed E-state index contributed by atoms with van der Waals surface area (Å²) < 4.78 is 11.1. The summed E-state index contributed by atoms with van der Waals surface area (Å²) in [5.74, 6) is 1.83. The topological polar surface area (TPSA) is 120 Å². The van der Waals surface area contributed by atoms with Gasteiger partial charge in [0.15, 0.2) is 0 Å².